The Bertz CT molecular complexity index is 793. The van der Waals surface area contributed by atoms with Crippen LogP contribution in [0.1, 0.15) is 34.6 Å². The molecular weight excluding hydrogens is 324 g/mol. The predicted octanol–water partition coefficient (Wildman–Crippen LogP) is 2.31. The number of ether oxygens (including phenoxy) is 2. The smallest absolute Gasteiger partial charge is 0.224 e. The van der Waals surface area contributed by atoms with Crippen LogP contribution in [0.5, 0.6) is 11.5 Å². The van der Waals surface area contributed by atoms with Crippen LogP contribution in [0.4, 0.5) is 0 Å². The molecule has 1 heterocycles. The van der Waals surface area contributed by atoms with E-state index in [1.807, 2.05) is 12.1 Å². The zero-order chi connectivity index (χ0) is 18.0. The second-order valence-electron chi connectivity index (χ2n) is 6.01. The van der Waals surface area contributed by atoms with Gasteiger partial charge in [0.25, 0.3) is 0 Å². The molecule has 0 fully saturated rings. The summed E-state index contributed by atoms with van der Waals surface area (Å²) in [4.78, 5) is 15.5. The number of aliphatic hydroxyl groups is 1. The molecule has 0 aliphatic heterocycles. The van der Waals surface area contributed by atoms with Gasteiger partial charge in [-0.05, 0) is 46.9 Å². The standard InChI is InChI=1S/C18H20N2O5/c1-24-16-7-11-3-4-15(20(22)23)18(14(11)8-17(16)25-2)13-5-6-19-9-12(13)10-21/h5-9,15,18,21H,3-4,10H2,1-2H3. The van der Waals surface area contributed by atoms with Crippen molar-refractivity contribution in [3.8, 4) is 11.5 Å². The minimum atomic E-state index is -0.765. The van der Waals surface area contributed by atoms with E-state index in [1.165, 1.54) is 0 Å². The maximum absolute atomic E-state index is 11.7. The average molecular weight is 344 g/mol. The Balaban J connectivity index is 2.22. The number of aromatic nitrogens is 1. The van der Waals surface area contributed by atoms with Crippen molar-refractivity contribution < 1.29 is 19.5 Å². The molecule has 1 aliphatic carbocycles. The van der Waals surface area contributed by atoms with Gasteiger partial charge in [0.15, 0.2) is 11.5 Å². The zero-order valence-electron chi connectivity index (χ0n) is 14.1. The van der Waals surface area contributed by atoms with Crippen LogP contribution < -0.4 is 9.47 Å². The SMILES string of the molecule is COc1cc2c(cc1OC)C(c1ccncc1CO)C([N+](=O)[O-])CC2. The Morgan fingerprint density at radius 1 is 1.28 bits per heavy atom. The second-order valence-corrected chi connectivity index (χ2v) is 6.01. The molecule has 1 N–H and O–H groups in total. The van der Waals surface area contributed by atoms with E-state index in [4.69, 9.17) is 9.47 Å². The molecule has 2 aromatic rings. The summed E-state index contributed by atoms with van der Waals surface area (Å²) >= 11 is 0. The molecule has 0 saturated carbocycles. The van der Waals surface area contributed by atoms with Crippen LogP contribution in [-0.4, -0.2) is 35.3 Å². The van der Waals surface area contributed by atoms with Crippen LogP contribution in [0.15, 0.2) is 30.6 Å². The number of aliphatic hydroxyl groups excluding tert-OH is 1. The van der Waals surface area contributed by atoms with Crippen LogP contribution >= 0.6 is 0 Å². The molecule has 0 saturated heterocycles. The Hall–Kier alpha value is -2.67. The maximum Gasteiger partial charge on any atom is 0.224 e. The van der Waals surface area contributed by atoms with E-state index in [1.54, 1.807) is 32.7 Å². The number of methoxy groups -OCH3 is 2. The van der Waals surface area contributed by atoms with Gasteiger partial charge in [-0.3, -0.25) is 15.1 Å². The van der Waals surface area contributed by atoms with Crippen molar-refractivity contribution in [2.75, 3.05) is 14.2 Å². The summed E-state index contributed by atoms with van der Waals surface area (Å²) in [6.07, 6.45) is 4.17. The van der Waals surface area contributed by atoms with Gasteiger partial charge in [-0.15, -0.1) is 0 Å². The fourth-order valence-corrected chi connectivity index (χ4v) is 3.60. The van der Waals surface area contributed by atoms with Crippen molar-refractivity contribution >= 4 is 0 Å². The molecule has 7 nitrogen and oxygen atoms in total. The Morgan fingerprint density at radius 3 is 2.64 bits per heavy atom. The number of rotatable bonds is 5. The predicted molar refractivity (Wildman–Crippen MR) is 90.7 cm³/mol. The summed E-state index contributed by atoms with van der Waals surface area (Å²) in [5, 5.41) is 21.3. The first-order chi connectivity index (χ1) is 12.1. The number of fused-ring (bicyclic) bond motifs is 1. The summed E-state index contributed by atoms with van der Waals surface area (Å²) in [5.74, 6) is 0.676. The van der Waals surface area contributed by atoms with E-state index in [0.29, 0.717) is 29.9 Å². The lowest BCUT2D eigenvalue weighted by molar-refractivity contribution is -0.526. The molecule has 1 aromatic heterocycles. The molecule has 2 atom stereocenters. The number of hydrogen-bond donors (Lipinski definition) is 1. The highest BCUT2D eigenvalue weighted by Crippen LogP contribution is 2.43. The summed E-state index contributed by atoms with van der Waals surface area (Å²) in [7, 11) is 3.11. The Morgan fingerprint density at radius 2 is 2.00 bits per heavy atom. The van der Waals surface area contributed by atoms with Gasteiger partial charge in [0.05, 0.1) is 26.7 Å². The third-order valence-corrected chi connectivity index (χ3v) is 4.79. The number of nitrogens with zero attached hydrogens (tertiary/aromatic N) is 2. The molecule has 2 unspecified atom stereocenters. The van der Waals surface area contributed by atoms with Gasteiger partial charge in [-0.2, -0.15) is 0 Å². The van der Waals surface area contributed by atoms with Crippen LogP contribution in [-0.2, 0) is 13.0 Å². The molecule has 0 bridgehead atoms. The fourth-order valence-electron chi connectivity index (χ4n) is 3.60. The van der Waals surface area contributed by atoms with E-state index in [2.05, 4.69) is 4.98 Å². The van der Waals surface area contributed by atoms with E-state index in [-0.39, 0.29) is 11.5 Å². The second kappa shape index (κ2) is 7.06. The van der Waals surface area contributed by atoms with Crippen LogP contribution in [0, 0.1) is 10.1 Å². The number of hydrogen-bond acceptors (Lipinski definition) is 6. The minimum Gasteiger partial charge on any atom is -0.493 e. The molecule has 0 spiro atoms. The van der Waals surface area contributed by atoms with Crippen LogP contribution in [0.2, 0.25) is 0 Å². The van der Waals surface area contributed by atoms with E-state index in [9.17, 15) is 15.2 Å². The molecule has 0 radical (unpaired) electrons. The highest BCUT2D eigenvalue weighted by atomic mass is 16.6. The van der Waals surface area contributed by atoms with Gasteiger partial charge in [0.2, 0.25) is 6.04 Å². The Labute approximate surface area is 145 Å². The molecule has 7 heteroatoms. The summed E-state index contributed by atoms with van der Waals surface area (Å²) in [5.41, 5.74) is 3.17. The lowest BCUT2D eigenvalue weighted by Crippen LogP contribution is -2.33. The van der Waals surface area contributed by atoms with Crippen molar-refractivity contribution in [2.24, 2.45) is 0 Å². The van der Waals surface area contributed by atoms with E-state index >= 15 is 0 Å². The minimum absolute atomic E-state index is 0.216. The number of nitro groups is 1. The van der Waals surface area contributed by atoms with Gasteiger partial charge in [-0.25, -0.2) is 0 Å². The topological polar surface area (TPSA) is 94.7 Å². The third-order valence-electron chi connectivity index (χ3n) is 4.79. The molecule has 0 amide bonds. The van der Waals surface area contributed by atoms with Crippen molar-refractivity contribution in [2.45, 2.75) is 31.4 Å². The molecule has 1 aliphatic rings. The first-order valence-corrected chi connectivity index (χ1v) is 8.02. The largest absolute Gasteiger partial charge is 0.493 e. The van der Waals surface area contributed by atoms with Gasteiger partial charge < -0.3 is 14.6 Å². The van der Waals surface area contributed by atoms with Crippen LogP contribution in [0.3, 0.4) is 0 Å². The summed E-state index contributed by atoms with van der Waals surface area (Å²) in [6.45, 7) is -0.216. The van der Waals surface area contributed by atoms with E-state index in [0.717, 1.165) is 16.7 Å². The fraction of sp³-hybridized carbons (Fsp3) is 0.389. The van der Waals surface area contributed by atoms with Gasteiger partial charge >= 0.3 is 0 Å². The summed E-state index contributed by atoms with van der Waals surface area (Å²) < 4.78 is 10.7. The molecular formula is C18H20N2O5. The number of pyridine rings is 1. The maximum atomic E-state index is 11.7. The highest BCUT2D eigenvalue weighted by molar-refractivity contribution is 5.53. The third kappa shape index (κ3) is 3.02. The first kappa shape index (κ1) is 17.2. The summed E-state index contributed by atoms with van der Waals surface area (Å²) in [6, 6.07) is 4.68. The highest BCUT2D eigenvalue weighted by Gasteiger charge is 2.40. The normalized spacial score (nSPS) is 19.2. The van der Waals surface area contributed by atoms with Crippen molar-refractivity contribution in [3.05, 3.63) is 63.0 Å². The number of aryl methyl sites for hydroxylation is 1. The van der Waals surface area contributed by atoms with Crippen LogP contribution in [0.25, 0.3) is 0 Å². The molecule has 3 rings (SSSR count). The quantitative estimate of drug-likeness (QED) is 0.661. The molecule has 1 aromatic carbocycles. The Kier molecular flexibility index (Phi) is 4.85. The average Bonchev–Trinajstić information content (AvgIpc) is 2.65. The van der Waals surface area contributed by atoms with Gasteiger partial charge in [-0.1, -0.05) is 0 Å². The van der Waals surface area contributed by atoms with Crippen molar-refractivity contribution in [3.63, 3.8) is 0 Å². The van der Waals surface area contributed by atoms with Crippen molar-refractivity contribution in [1.29, 1.82) is 0 Å². The monoisotopic (exact) mass is 344 g/mol. The molecule has 132 valence electrons. The van der Waals surface area contributed by atoms with Gasteiger partial charge in [0.1, 0.15) is 0 Å². The zero-order valence-corrected chi connectivity index (χ0v) is 14.1. The number of benzene rings is 1. The first-order valence-electron chi connectivity index (χ1n) is 8.02. The van der Waals surface area contributed by atoms with Crippen molar-refractivity contribution in [1.82, 2.24) is 4.98 Å². The lowest BCUT2D eigenvalue weighted by atomic mass is 9.74. The van der Waals surface area contributed by atoms with Gasteiger partial charge in [0, 0.05) is 23.7 Å². The molecule has 25 heavy (non-hydrogen) atoms. The van der Waals surface area contributed by atoms with E-state index < -0.39 is 12.0 Å². The lowest BCUT2D eigenvalue weighted by Gasteiger charge is -2.30.